The molecule has 4 aliphatic rings. The highest BCUT2D eigenvalue weighted by Crippen LogP contribution is 2.66. The lowest BCUT2D eigenvalue weighted by atomic mass is 9.43. The molecule has 5 heteroatoms. The minimum Gasteiger partial charge on any atom is -0.490 e. The van der Waals surface area contributed by atoms with Crippen LogP contribution in [0.4, 0.5) is 4.39 Å². The number of hydrogen-bond donors (Lipinski definition) is 1. The van der Waals surface area contributed by atoms with Gasteiger partial charge in [-0.25, -0.2) is 4.39 Å². The fourth-order valence-electron chi connectivity index (χ4n) is 7.80. The molecule has 4 bridgehead atoms. The van der Waals surface area contributed by atoms with E-state index in [1.165, 1.54) is 50.7 Å². The summed E-state index contributed by atoms with van der Waals surface area (Å²) in [5.74, 6) is 1.80. The Morgan fingerprint density at radius 1 is 0.970 bits per heavy atom. The van der Waals surface area contributed by atoms with Crippen LogP contribution in [-0.2, 0) is 13.2 Å². The molecule has 6 rings (SSSR count). The van der Waals surface area contributed by atoms with Gasteiger partial charge in [0.15, 0.2) is 11.5 Å². The van der Waals surface area contributed by atoms with Crippen LogP contribution in [0, 0.1) is 22.6 Å². The minimum atomic E-state index is -0.259. The van der Waals surface area contributed by atoms with E-state index in [2.05, 4.69) is 19.2 Å². The first-order valence-corrected chi connectivity index (χ1v) is 12.6. The summed E-state index contributed by atoms with van der Waals surface area (Å²) in [6.45, 7) is 8.57. The Labute approximate surface area is 202 Å². The zero-order valence-electron chi connectivity index (χ0n) is 20.0. The molecule has 4 aliphatic carbocycles. The second-order valence-electron chi connectivity index (χ2n) is 11.5. The van der Waals surface area contributed by atoms with Gasteiger partial charge in [0, 0.05) is 12.1 Å². The predicted molar refractivity (Wildman–Crippen MR) is 130 cm³/mol. The van der Waals surface area contributed by atoms with E-state index in [9.17, 15) is 4.39 Å². The van der Waals surface area contributed by atoms with Crippen LogP contribution in [-0.4, -0.2) is 12.1 Å². The Kier molecular flexibility index (Phi) is 5.89. The molecule has 0 amide bonds. The van der Waals surface area contributed by atoms with Crippen LogP contribution in [0.5, 0.6) is 11.5 Å². The summed E-state index contributed by atoms with van der Waals surface area (Å²) in [4.78, 5) is 0. The van der Waals surface area contributed by atoms with Crippen LogP contribution in [0.2, 0.25) is 5.02 Å². The molecule has 0 aliphatic heterocycles. The van der Waals surface area contributed by atoms with Crippen molar-refractivity contribution in [3.05, 3.63) is 58.4 Å². The molecule has 2 atom stereocenters. The standard InChI is InChI=1S/C28H35ClFNO2/c1-4-32-24-10-20(9-23(29)25(24)33-15-19-5-7-22(30)8-6-19)14-31-28-13-21-11-26(2,17-28)16-27(3,12-21)18-28/h5-10,21,31H,4,11-18H2,1-3H3. The van der Waals surface area contributed by atoms with E-state index in [1.807, 2.05) is 19.1 Å². The third-order valence-corrected chi connectivity index (χ3v) is 8.24. The number of halogens is 2. The highest BCUT2D eigenvalue weighted by atomic mass is 35.5. The van der Waals surface area contributed by atoms with Crippen molar-refractivity contribution in [2.24, 2.45) is 16.7 Å². The number of rotatable bonds is 8. The highest BCUT2D eigenvalue weighted by Gasteiger charge is 2.59. The molecule has 0 spiro atoms. The first-order chi connectivity index (χ1) is 15.7. The molecule has 178 valence electrons. The maximum atomic E-state index is 13.2. The van der Waals surface area contributed by atoms with Crippen molar-refractivity contribution in [3.63, 3.8) is 0 Å². The minimum absolute atomic E-state index is 0.235. The van der Waals surface area contributed by atoms with Gasteiger partial charge in [-0.05, 0) is 97.6 Å². The largest absolute Gasteiger partial charge is 0.490 e. The molecule has 2 aromatic carbocycles. The van der Waals surface area contributed by atoms with E-state index in [0.717, 1.165) is 23.6 Å². The average Bonchev–Trinajstić information content (AvgIpc) is 2.71. The molecule has 0 aromatic heterocycles. The summed E-state index contributed by atoms with van der Waals surface area (Å²) >= 11 is 6.67. The molecular formula is C28H35ClFNO2. The molecule has 4 saturated carbocycles. The maximum absolute atomic E-state index is 13.2. The van der Waals surface area contributed by atoms with Gasteiger partial charge in [-0.1, -0.05) is 37.6 Å². The van der Waals surface area contributed by atoms with E-state index < -0.39 is 0 Å². The van der Waals surface area contributed by atoms with Gasteiger partial charge in [-0.15, -0.1) is 0 Å². The average molecular weight is 472 g/mol. The molecule has 2 unspecified atom stereocenters. The summed E-state index contributed by atoms with van der Waals surface area (Å²) in [6, 6.07) is 10.3. The van der Waals surface area contributed by atoms with Crippen molar-refractivity contribution in [2.45, 2.75) is 78.0 Å². The molecule has 1 N–H and O–H groups in total. The second kappa shape index (κ2) is 8.46. The summed E-state index contributed by atoms with van der Waals surface area (Å²) in [6.07, 6.45) is 8.01. The zero-order chi connectivity index (χ0) is 23.3. The van der Waals surface area contributed by atoms with Crippen LogP contribution in [0.3, 0.4) is 0 Å². The normalized spacial score (nSPS) is 32.2. The first kappa shape index (κ1) is 23.0. The molecule has 0 saturated heterocycles. The summed E-state index contributed by atoms with van der Waals surface area (Å²) in [7, 11) is 0. The van der Waals surface area contributed by atoms with Gasteiger partial charge >= 0.3 is 0 Å². The maximum Gasteiger partial charge on any atom is 0.180 e. The molecule has 2 aromatic rings. The Morgan fingerprint density at radius 2 is 1.67 bits per heavy atom. The van der Waals surface area contributed by atoms with Crippen LogP contribution < -0.4 is 14.8 Å². The number of benzene rings is 2. The van der Waals surface area contributed by atoms with Crippen LogP contribution >= 0.6 is 11.6 Å². The fourth-order valence-corrected chi connectivity index (χ4v) is 8.08. The van der Waals surface area contributed by atoms with Crippen LogP contribution in [0.25, 0.3) is 0 Å². The van der Waals surface area contributed by atoms with Crippen molar-refractivity contribution in [2.75, 3.05) is 6.61 Å². The Bertz CT molecular complexity index is 1010. The van der Waals surface area contributed by atoms with Crippen molar-refractivity contribution in [1.82, 2.24) is 5.32 Å². The van der Waals surface area contributed by atoms with Gasteiger partial charge < -0.3 is 14.8 Å². The fraction of sp³-hybridized carbons (Fsp3) is 0.571. The van der Waals surface area contributed by atoms with Gasteiger partial charge in [-0.2, -0.15) is 0 Å². The van der Waals surface area contributed by atoms with Crippen molar-refractivity contribution in [3.8, 4) is 11.5 Å². The molecule has 3 nitrogen and oxygen atoms in total. The SMILES string of the molecule is CCOc1cc(CNC23CC4CC(C)(CC(C)(C4)C2)C3)cc(Cl)c1OCc1ccc(F)cc1. The predicted octanol–water partition coefficient (Wildman–Crippen LogP) is 7.30. The molecule has 0 radical (unpaired) electrons. The van der Waals surface area contributed by atoms with E-state index in [-0.39, 0.29) is 11.4 Å². The lowest BCUT2D eigenvalue weighted by Crippen LogP contribution is -2.63. The van der Waals surface area contributed by atoms with E-state index in [1.54, 1.807) is 12.1 Å². The monoisotopic (exact) mass is 471 g/mol. The van der Waals surface area contributed by atoms with Gasteiger partial charge in [0.2, 0.25) is 0 Å². The van der Waals surface area contributed by atoms with Crippen LogP contribution in [0.15, 0.2) is 36.4 Å². The van der Waals surface area contributed by atoms with E-state index in [4.69, 9.17) is 21.1 Å². The molecular weight excluding hydrogens is 437 g/mol. The Balaban J connectivity index is 1.31. The topological polar surface area (TPSA) is 30.5 Å². The highest BCUT2D eigenvalue weighted by molar-refractivity contribution is 6.32. The molecule has 33 heavy (non-hydrogen) atoms. The lowest BCUT2D eigenvalue weighted by molar-refractivity contribution is -0.118. The van der Waals surface area contributed by atoms with Gasteiger partial charge in [-0.3, -0.25) is 0 Å². The summed E-state index contributed by atoms with van der Waals surface area (Å²) < 4.78 is 25.1. The Hall–Kier alpha value is -1.78. The van der Waals surface area contributed by atoms with Gasteiger partial charge in [0.1, 0.15) is 12.4 Å². The third kappa shape index (κ3) is 4.74. The smallest absolute Gasteiger partial charge is 0.180 e. The van der Waals surface area contributed by atoms with E-state index >= 15 is 0 Å². The quantitative estimate of drug-likeness (QED) is 0.438. The zero-order valence-corrected chi connectivity index (χ0v) is 20.7. The van der Waals surface area contributed by atoms with Gasteiger partial charge in [0.05, 0.1) is 11.6 Å². The number of nitrogens with one attached hydrogen (secondary N) is 1. The van der Waals surface area contributed by atoms with Gasteiger partial charge in [0.25, 0.3) is 0 Å². The summed E-state index contributed by atoms with van der Waals surface area (Å²) in [5, 5.41) is 4.53. The number of ether oxygens (including phenoxy) is 2. The number of hydrogen-bond acceptors (Lipinski definition) is 3. The third-order valence-electron chi connectivity index (χ3n) is 7.96. The molecule has 0 heterocycles. The second-order valence-corrected chi connectivity index (χ2v) is 11.9. The first-order valence-electron chi connectivity index (χ1n) is 12.3. The lowest BCUT2D eigenvalue weighted by Gasteiger charge is -2.65. The van der Waals surface area contributed by atoms with E-state index in [0.29, 0.717) is 40.6 Å². The molecule has 4 fully saturated rings. The van der Waals surface area contributed by atoms with Crippen molar-refractivity contribution in [1.29, 1.82) is 0 Å². The van der Waals surface area contributed by atoms with Crippen molar-refractivity contribution >= 4 is 11.6 Å². The Morgan fingerprint density at radius 3 is 2.30 bits per heavy atom. The van der Waals surface area contributed by atoms with Crippen LogP contribution in [0.1, 0.15) is 70.4 Å². The summed E-state index contributed by atoms with van der Waals surface area (Å²) in [5.41, 5.74) is 3.19. The van der Waals surface area contributed by atoms with Crippen molar-refractivity contribution < 1.29 is 13.9 Å².